The zero-order valence-electron chi connectivity index (χ0n) is 7.28. The van der Waals surface area contributed by atoms with Crippen molar-refractivity contribution in [1.82, 2.24) is 0 Å². The number of hydrogen-bond donors (Lipinski definition) is 2. The lowest BCUT2D eigenvalue weighted by Gasteiger charge is -1.93. The van der Waals surface area contributed by atoms with Gasteiger partial charge in [0.2, 0.25) is 5.91 Å². The molecule has 0 spiro atoms. The Bertz CT molecular complexity index is 424. The second-order valence-electron chi connectivity index (χ2n) is 2.56. The third-order valence-corrected chi connectivity index (χ3v) is 1.50. The third kappa shape index (κ3) is 2.64. The summed E-state index contributed by atoms with van der Waals surface area (Å²) in [6, 6.07) is 6.26. The second kappa shape index (κ2) is 4.10. The normalized spacial score (nSPS) is 8.57. The highest BCUT2D eigenvalue weighted by Crippen LogP contribution is 2.01. The summed E-state index contributed by atoms with van der Waals surface area (Å²) in [5, 5.41) is 0. The van der Waals surface area contributed by atoms with E-state index in [-0.39, 0.29) is 0 Å². The first kappa shape index (κ1) is 9.81. The molecule has 2 amide bonds. The summed E-state index contributed by atoms with van der Waals surface area (Å²) < 4.78 is 0. The van der Waals surface area contributed by atoms with E-state index in [0.717, 1.165) is 0 Å². The maximum atomic E-state index is 10.7. The van der Waals surface area contributed by atoms with Gasteiger partial charge in [0, 0.05) is 11.1 Å². The summed E-state index contributed by atoms with van der Waals surface area (Å²) in [6.45, 7) is 0. The first-order valence-electron chi connectivity index (χ1n) is 3.81. The molecule has 0 saturated heterocycles. The number of hydrogen-bond acceptors (Lipinski definition) is 2. The summed E-state index contributed by atoms with van der Waals surface area (Å²) in [7, 11) is 0. The van der Waals surface area contributed by atoms with Crippen LogP contribution in [0.15, 0.2) is 24.3 Å². The molecule has 0 unspecified atom stereocenters. The highest BCUT2D eigenvalue weighted by atomic mass is 16.1. The number of carbonyl (C=O) groups excluding carboxylic acids is 2. The molecule has 1 aromatic carbocycles. The maximum absolute atomic E-state index is 10.7. The van der Waals surface area contributed by atoms with Crippen LogP contribution in [0.3, 0.4) is 0 Å². The Balaban J connectivity index is 2.91. The highest BCUT2D eigenvalue weighted by molar-refractivity contribution is 5.93. The summed E-state index contributed by atoms with van der Waals surface area (Å²) in [5.41, 5.74) is 10.9. The van der Waals surface area contributed by atoms with Crippen molar-refractivity contribution in [2.24, 2.45) is 11.5 Å². The van der Waals surface area contributed by atoms with Gasteiger partial charge in [-0.2, -0.15) is 0 Å². The highest BCUT2D eigenvalue weighted by Gasteiger charge is 1.97. The van der Waals surface area contributed by atoms with Crippen LogP contribution < -0.4 is 11.5 Å². The molecule has 0 aliphatic heterocycles. The topological polar surface area (TPSA) is 86.2 Å². The Labute approximate surface area is 80.9 Å². The van der Waals surface area contributed by atoms with E-state index in [9.17, 15) is 9.59 Å². The molecule has 0 saturated carbocycles. The van der Waals surface area contributed by atoms with Gasteiger partial charge in [-0.25, -0.2) is 0 Å². The molecule has 14 heavy (non-hydrogen) atoms. The number of benzene rings is 1. The summed E-state index contributed by atoms with van der Waals surface area (Å²) in [5.74, 6) is 3.53. The van der Waals surface area contributed by atoms with Crippen molar-refractivity contribution >= 4 is 11.8 Å². The smallest absolute Gasteiger partial charge is 0.293 e. The van der Waals surface area contributed by atoms with Crippen LogP contribution in [0.25, 0.3) is 0 Å². The monoisotopic (exact) mass is 188 g/mol. The van der Waals surface area contributed by atoms with E-state index in [1.807, 2.05) is 0 Å². The molecule has 4 N–H and O–H groups in total. The molecule has 4 nitrogen and oxygen atoms in total. The van der Waals surface area contributed by atoms with E-state index in [1.54, 1.807) is 12.1 Å². The Kier molecular flexibility index (Phi) is 2.87. The van der Waals surface area contributed by atoms with Crippen molar-refractivity contribution in [2.45, 2.75) is 0 Å². The molecule has 1 rings (SSSR count). The summed E-state index contributed by atoms with van der Waals surface area (Å²) in [6.07, 6.45) is 0. The van der Waals surface area contributed by atoms with Crippen molar-refractivity contribution in [2.75, 3.05) is 0 Å². The van der Waals surface area contributed by atoms with Crippen LogP contribution in [-0.4, -0.2) is 11.8 Å². The second-order valence-corrected chi connectivity index (χ2v) is 2.56. The molecule has 70 valence electrons. The minimum atomic E-state index is -0.691. The Hall–Kier alpha value is -2.28. The largest absolute Gasteiger partial charge is 0.366 e. The molecule has 0 aliphatic rings. The van der Waals surface area contributed by atoms with Crippen molar-refractivity contribution in [3.63, 3.8) is 0 Å². The summed E-state index contributed by atoms with van der Waals surface area (Å²) in [4.78, 5) is 21.0. The molecular weight excluding hydrogens is 180 g/mol. The molecule has 0 atom stereocenters. The molecule has 0 radical (unpaired) electrons. The lowest BCUT2D eigenvalue weighted by Crippen LogP contribution is -2.10. The van der Waals surface area contributed by atoms with Crippen molar-refractivity contribution in [3.8, 4) is 11.8 Å². The zero-order valence-corrected chi connectivity index (χ0v) is 7.28. The predicted octanol–water partition coefficient (Wildman–Crippen LogP) is -0.378. The van der Waals surface area contributed by atoms with Gasteiger partial charge >= 0.3 is 0 Å². The van der Waals surface area contributed by atoms with E-state index in [1.165, 1.54) is 12.1 Å². The fourth-order valence-electron chi connectivity index (χ4n) is 0.852. The fraction of sp³-hybridized carbons (Fsp3) is 0. The molecule has 0 bridgehead atoms. The van der Waals surface area contributed by atoms with Crippen LogP contribution in [0.5, 0.6) is 0 Å². The fourth-order valence-corrected chi connectivity index (χ4v) is 0.852. The molecule has 0 fully saturated rings. The van der Waals surface area contributed by atoms with Gasteiger partial charge in [-0.05, 0) is 30.2 Å². The number of rotatable bonds is 1. The predicted molar refractivity (Wildman–Crippen MR) is 51.0 cm³/mol. The summed E-state index contributed by atoms with van der Waals surface area (Å²) >= 11 is 0. The van der Waals surface area contributed by atoms with Crippen LogP contribution >= 0.6 is 0 Å². The molecule has 0 aliphatic carbocycles. The van der Waals surface area contributed by atoms with Crippen molar-refractivity contribution in [3.05, 3.63) is 35.4 Å². The molecule has 1 aromatic rings. The maximum Gasteiger partial charge on any atom is 0.293 e. The van der Waals surface area contributed by atoms with Crippen LogP contribution in [0.4, 0.5) is 0 Å². The van der Waals surface area contributed by atoms with Crippen LogP contribution in [0.2, 0.25) is 0 Å². The third-order valence-electron chi connectivity index (χ3n) is 1.50. The molecule has 0 heterocycles. The van der Waals surface area contributed by atoms with Gasteiger partial charge in [-0.3, -0.25) is 9.59 Å². The number of primary amides is 2. The van der Waals surface area contributed by atoms with Gasteiger partial charge < -0.3 is 11.5 Å². The number of nitrogens with two attached hydrogens (primary N) is 2. The minimum Gasteiger partial charge on any atom is -0.366 e. The van der Waals surface area contributed by atoms with Gasteiger partial charge in [-0.1, -0.05) is 5.92 Å². The lowest BCUT2D eigenvalue weighted by atomic mass is 10.1. The van der Waals surface area contributed by atoms with Gasteiger partial charge in [0.05, 0.1) is 0 Å². The zero-order chi connectivity index (χ0) is 10.6. The Morgan fingerprint density at radius 3 is 2.07 bits per heavy atom. The van der Waals surface area contributed by atoms with E-state index in [2.05, 4.69) is 11.8 Å². The molecular formula is C10H8N2O2. The van der Waals surface area contributed by atoms with Gasteiger partial charge in [0.25, 0.3) is 5.91 Å². The van der Waals surface area contributed by atoms with Crippen molar-refractivity contribution in [1.29, 1.82) is 0 Å². The minimum absolute atomic E-state index is 0.398. The quantitative estimate of drug-likeness (QED) is 0.589. The number of carbonyl (C=O) groups is 2. The van der Waals surface area contributed by atoms with E-state index >= 15 is 0 Å². The Morgan fingerprint density at radius 1 is 1.07 bits per heavy atom. The van der Waals surface area contributed by atoms with E-state index < -0.39 is 11.8 Å². The van der Waals surface area contributed by atoms with Crippen LogP contribution in [-0.2, 0) is 4.79 Å². The average Bonchev–Trinajstić information content (AvgIpc) is 2.15. The lowest BCUT2D eigenvalue weighted by molar-refractivity contribution is -0.112. The molecule has 0 aromatic heterocycles. The average molecular weight is 188 g/mol. The SMILES string of the molecule is NC(=O)C#Cc1ccc(C(N)=O)cc1. The van der Waals surface area contributed by atoms with Crippen molar-refractivity contribution < 1.29 is 9.59 Å². The van der Waals surface area contributed by atoms with Gasteiger partial charge in [-0.15, -0.1) is 0 Å². The van der Waals surface area contributed by atoms with Crippen LogP contribution in [0.1, 0.15) is 15.9 Å². The first-order chi connectivity index (χ1) is 6.59. The Morgan fingerprint density at radius 2 is 1.64 bits per heavy atom. The standard InChI is InChI=1S/C10H8N2O2/c11-9(13)6-3-7-1-4-8(5-2-7)10(12)14/h1-2,4-5H,(H2,11,13)(H2,12,14). The molecule has 4 heteroatoms. The van der Waals surface area contributed by atoms with Gasteiger partial charge in [0.15, 0.2) is 0 Å². The van der Waals surface area contributed by atoms with Crippen LogP contribution in [0, 0.1) is 11.8 Å². The van der Waals surface area contributed by atoms with E-state index in [0.29, 0.717) is 11.1 Å². The number of amides is 2. The van der Waals surface area contributed by atoms with Gasteiger partial charge in [0.1, 0.15) is 0 Å². The first-order valence-corrected chi connectivity index (χ1v) is 3.81. The van der Waals surface area contributed by atoms with E-state index in [4.69, 9.17) is 11.5 Å².